The molecule has 4 nitrogen and oxygen atoms in total. The number of hydrogen-bond acceptors (Lipinski definition) is 2. The smallest absolute Gasteiger partial charge is 0.254 e. The van der Waals surface area contributed by atoms with Crippen LogP contribution < -0.4 is 5.32 Å². The number of rotatable bonds is 5. The maximum atomic E-state index is 14.0. The van der Waals surface area contributed by atoms with Gasteiger partial charge in [0.1, 0.15) is 11.6 Å². The van der Waals surface area contributed by atoms with E-state index in [-0.39, 0.29) is 11.6 Å². The molecule has 3 aromatic carbocycles. The molecule has 0 aliphatic heterocycles. The van der Waals surface area contributed by atoms with E-state index >= 15 is 0 Å². The van der Waals surface area contributed by atoms with Gasteiger partial charge >= 0.3 is 0 Å². The molecule has 0 aliphatic rings. The van der Waals surface area contributed by atoms with E-state index in [2.05, 4.69) is 5.32 Å². The SMILES string of the molecule is Cn1c(CC(NC(=O)c2ccccc2F)c2ccccc2)nc2ccccc21. The average Bonchev–Trinajstić information content (AvgIpc) is 3.04. The Balaban J connectivity index is 1.67. The monoisotopic (exact) mass is 373 g/mol. The number of nitrogens with zero attached hydrogens (tertiary/aromatic N) is 2. The number of aromatic nitrogens is 2. The van der Waals surface area contributed by atoms with Crippen LogP contribution in [0.25, 0.3) is 11.0 Å². The number of carbonyl (C=O) groups is 1. The Kier molecular flexibility index (Phi) is 4.89. The Morgan fingerprint density at radius 3 is 2.43 bits per heavy atom. The molecular weight excluding hydrogens is 353 g/mol. The lowest BCUT2D eigenvalue weighted by Crippen LogP contribution is -2.31. The molecule has 1 heterocycles. The Hall–Kier alpha value is -3.47. The zero-order valence-electron chi connectivity index (χ0n) is 15.5. The minimum Gasteiger partial charge on any atom is -0.345 e. The van der Waals surface area contributed by atoms with E-state index in [1.165, 1.54) is 12.1 Å². The lowest BCUT2D eigenvalue weighted by atomic mass is 10.0. The highest BCUT2D eigenvalue weighted by molar-refractivity contribution is 5.94. The minimum atomic E-state index is -0.533. The van der Waals surface area contributed by atoms with E-state index in [0.717, 1.165) is 22.4 Å². The molecule has 1 unspecified atom stereocenters. The summed E-state index contributed by atoms with van der Waals surface area (Å²) in [5, 5.41) is 2.98. The fourth-order valence-electron chi connectivity index (χ4n) is 3.38. The summed E-state index contributed by atoms with van der Waals surface area (Å²) in [4.78, 5) is 17.4. The molecule has 1 aromatic heterocycles. The molecule has 4 rings (SSSR count). The van der Waals surface area contributed by atoms with E-state index in [1.807, 2.05) is 66.2 Å². The van der Waals surface area contributed by atoms with Crippen molar-refractivity contribution in [3.05, 3.63) is 102 Å². The summed E-state index contributed by atoms with van der Waals surface area (Å²) in [6, 6.07) is 23.3. The van der Waals surface area contributed by atoms with Crippen LogP contribution in [0.2, 0.25) is 0 Å². The van der Waals surface area contributed by atoms with E-state index in [4.69, 9.17) is 4.98 Å². The number of fused-ring (bicyclic) bond motifs is 1. The number of hydrogen-bond donors (Lipinski definition) is 1. The van der Waals surface area contributed by atoms with Gasteiger partial charge in [0.25, 0.3) is 5.91 Å². The van der Waals surface area contributed by atoms with Crippen molar-refractivity contribution in [3.8, 4) is 0 Å². The van der Waals surface area contributed by atoms with Gasteiger partial charge in [-0.2, -0.15) is 0 Å². The van der Waals surface area contributed by atoms with Crippen LogP contribution in [0, 0.1) is 5.82 Å². The molecule has 0 radical (unpaired) electrons. The quantitative estimate of drug-likeness (QED) is 0.563. The van der Waals surface area contributed by atoms with Crippen molar-refractivity contribution in [1.82, 2.24) is 14.9 Å². The molecule has 28 heavy (non-hydrogen) atoms. The van der Waals surface area contributed by atoms with Crippen LogP contribution in [0.1, 0.15) is 27.8 Å². The van der Waals surface area contributed by atoms with Crippen molar-refractivity contribution in [2.45, 2.75) is 12.5 Å². The van der Waals surface area contributed by atoms with Crippen molar-refractivity contribution < 1.29 is 9.18 Å². The van der Waals surface area contributed by atoms with Crippen LogP contribution >= 0.6 is 0 Å². The Bertz CT molecular complexity index is 1120. The van der Waals surface area contributed by atoms with Gasteiger partial charge in [-0.3, -0.25) is 4.79 Å². The normalized spacial score (nSPS) is 12.1. The first-order valence-electron chi connectivity index (χ1n) is 9.14. The third kappa shape index (κ3) is 3.51. The minimum absolute atomic E-state index is 0.0356. The van der Waals surface area contributed by atoms with Crippen LogP contribution in [0.15, 0.2) is 78.9 Å². The predicted molar refractivity (Wildman–Crippen MR) is 107 cm³/mol. The van der Waals surface area contributed by atoms with Gasteiger partial charge in [0.2, 0.25) is 0 Å². The van der Waals surface area contributed by atoms with Gasteiger partial charge in [-0.05, 0) is 29.8 Å². The lowest BCUT2D eigenvalue weighted by Gasteiger charge is -2.19. The van der Waals surface area contributed by atoms with Crippen molar-refractivity contribution in [1.29, 1.82) is 0 Å². The van der Waals surface area contributed by atoms with Crippen molar-refractivity contribution in [2.75, 3.05) is 0 Å². The van der Waals surface area contributed by atoms with Crippen molar-refractivity contribution in [2.24, 2.45) is 7.05 Å². The molecule has 1 atom stereocenters. The van der Waals surface area contributed by atoms with Crippen molar-refractivity contribution in [3.63, 3.8) is 0 Å². The molecule has 5 heteroatoms. The van der Waals surface area contributed by atoms with Crippen LogP contribution in [0.5, 0.6) is 0 Å². The van der Waals surface area contributed by atoms with E-state index in [9.17, 15) is 9.18 Å². The molecule has 0 fully saturated rings. The Morgan fingerprint density at radius 2 is 1.68 bits per heavy atom. The second kappa shape index (κ2) is 7.64. The number of imidazole rings is 1. The summed E-state index contributed by atoms with van der Waals surface area (Å²) < 4.78 is 16.1. The Morgan fingerprint density at radius 1 is 1.00 bits per heavy atom. The fraction of sp³-hybridized carbons (Fsp3) is 0.130. The van der Waals surface area contributed by atoms with Gasteiger partial charge in [-0.25, -0.2) is 9.37 Å². The molecule has 4 aromatic rings. The van der Waals surface area contributed by atoms with Gasteiger partial charge in [0.15, 0.2) is 0 Å². The average molecular weight is 373 g/mol. The van der Waals surface area contributed by atoms with Crippen LogP contribution in [0.4, 0.5) is 4.39 Å². The first-order chi connectivity index (χ1) is 13.6. The number of para-hydroxylation sites is 2. The van der Waals surface area contributed by atoms with Crippen molar-refractivity contribution >= 4 is 16.9 Å². The third-order valence-corrected chi connectivity index (χ3v) is 4.89. The number of benzene rings is 3. The van der Waals surface area contributed by atoms with Gasteiger partial charge in [-0.1, -0.05) is 54.6 Å². The summed E-state index contributed by atoms with van der Waals surface area (Å²) in [6.45, 7) is 0. The largest absolute Gasteiger partial charge is 0.345 e. The molecule has 140 valence electrons. The molecule has 1 N–H and O–H groups in total. The third-order valence-electron chi connectivity index (χ3n) is 4.89. The highest BCUT2D eigenvalue weighted by atomic mass is 19.1. The second-order valence-electron chi connectivity index (χ2n) is 6.70. The summed E-state index contributed by atoms with van der Waals surface area (Å²) in [6.07, 6.45) is 0.495. The Labute approximate surface area is 162 Å². The summed E-state index contributed by atoms with van der Waals surface area (Å²) in [7, 11) is 1.96. The summed E-state index contributed by atoms with van der Waals surface area (Å²) in [5.41, 5.74) is 2.92. The first kappa shape index (κ1) is 17.9. The van der Waals surface area contributed by atoms with E-state index in [0.29, 0.717) is 6.42 Å². The molecular formula is C23H20FN3O. The van der Waals surface area contributed by atoms with E-state index < -0.39 is 11.7 Å². The number of nitrogens with one attached hydrogen (secondary N) is 1. The van der Waals surface area contributed by atoms with Crippen LogP contribution in [-0.2, 0) is 13.5 Å². The number of aryl methyl sites for hydroxylation is 1. The zero-order valence-corrected chi connectivity index (χ0v) is 15.5. The molecule has 1 amide bonds. The lowest BCUT2D eigenvalue weighted by molar-refractivity contribution is 0.0932. The number of carbonyl (C=O) groups excluding carboxylic acids is 1. The molecule has 0 saturated heterocycles. The van der Waals surface area contributed by atoms with Gasteiger partial charge < -0.3 is 9.88 Å². The first-order valence-corrected chi connectivity index (χ1v) is 9.14. The predicted octanol–water partition coefficient (Wildman–Crippen LogP) is 4.43. The van der Waals surface area contributed by atoms with Gasteiger partial charge in [-0.15, -0.1) is 0 Å². The molecule has 0 aliphatic carbocycles. The van der Waals surface area contributed by atoms with E-state index in [1.54, 1.807) is 12.1 Å². The number of amides is 1. The summed E-state index contributed by atoms with van der Waals surface area (Å²) in [5.74, 6) is -0.121. The zero-order chi connectivity index (χ0) is 19.5. The molecule has 0 saturated carbocycles. The van der Waals surface area contributed by atoms with Gasteiger partial charge in [0, 0.05) is 13.5 Å². The maximum Gasteiger partial charge on any atom is 0.254 e. The molecule has 0 spiro atoms. The second-order valence-corrected chi connectivity index (χ2v) is 6.70. The topological polar surface area (TPSA) is 46.9 Å². The highest BCUT2D eigenvalue weighted by Crippen LogP contribution is 2.22. The van der Waals surface area contributed by atoms with Gasteiger partial charge in [0.05, 0.1) is 22.6 Å². The standard InChI is InChI=1S/C23H20FN3O/c1-27-21-14-8-7-13-19(21)25-22(27)15-20(16-9-3-2-4-10-16)26-23(28)17-11-5-6-12-18(17)24/h2-14,20H,15H2,1H3,(H,26,28). The van der Waals surface area contributed by atoms with Crippen LogP contribution in [0.3, 0.4) is 0 Å². The fourth-order valence-corrected chi connectivity index (χ4v) is 3.38. The highest BCUT2D eigenvalue weighted by Gasteiger charge is 2.21. The van der Waals surface area contributed by atoms with Crippen LogP contribution in [-0.4, -0.2) is 15.5 Å². The number of halogens is 1. The summed E-state index contributed by atoms with van der Waals surface area (Å²) >= 11 is 0. The molecule has 0 bridgehead atoms. The maximum absolute atomic E-state index is 14.0.